The van der Waals surface area contributed by atoms with Crippen LogP contribution in [0.5, 0.6) is 0 Å². The Labute approximate surface area is 180 Å². The van der Waals surface area contributed by atoms with Crippen LogP contribution in [0.3, 0.4) is 0 Å². The number of urea groups is 1. The molecule has 0 spiro atoms. The molecular weight excluding hydrogens is 378 g/mol. The quantitative estimate of drug-likeness (QED) is 0.688. The van der Waals surface area contributed by atoms with E-state index in [0.717, 1.165) is 44.0 Å². The number of nitrogens with zero attached hydrogens (tertiary/aromatic N) is 2. The monoisotopic (exact) mass is 415 g/mol. The maximum atomic E-state index is 12.9. The topological polar surface area (TPSA) is 61.9 Å². The molecule has 2 saturated heterocycles. The van der Waals surface area contributed by atoms with E-state index in [9.17, 15) is 9.59 Å². The zero-order valence-corrected chi connectivity index (χ0v) is 18.5. The number of hydrogen-bond acceptors (Lipinski definition) is 4. The summed E-state index contributed by atoms with van der Waals surface area (Å²) in [4.78, 5) is 29.5. The molecule has 0 unspecified atom stereocenters. The van der Waals surface area contributed by atoms with Gasteiger partial charge in [-0.2, -0.15) is 0 Å². The number of carbonyl (C=O) groups excluding carboxylic acids is 2. The molecule has 0 saturated carbocycles. The summed E-state index contributed by atoms with van der Waals surface area (Å²) in [6.07, 6.45) is 4.86. The Hall–Kier alpha value is -2.08. The van der Waals surface area contributed by atoms with Gasteiger partial charge in [-0.05, 0) is 63.1 Å². The number of hydrogen-bond donors (Lipinski definition) is 1. The summed E-state index contributed by atoms with van der Waals surface area (Å²) in [6, 6.07) is 9.20. The standard InChI is InChI=1S/C24H37N3O3/c1-3-30-23(28)17-22(21-7-5-4-6-8-21)25-24(29)27-15-11-20(12-16-27)18-26-13-9-19(2)10-14-26/h4-8,19-20,22H,3,9-18H2,1-2H3,(H,25,29)/t22-/m0/s1. The number of nitrogens with one attached hydrogen (secondary N) is 1. The first-order valence-electron chi connectivity index (χ1n) is 11.5. The highest BCUT2D eigenvalue weighted by Gasteiger charge is 2.27. The van der Waals surface area contributed by atoms with Gasteiger partial charge in [0.15, 0.2) is 0 Å². The van der Waals surface area contributed by atoms with E-state index in [1.165, 1.54) is 25.9 Å². The van der Waals surface area contributed by atoms with E-state index in [4.69, 9.17) is 4.74 Å². The lowest BCUT2D eigenvalue weighted by Crippen LogP contribution is -2.47. The fourth-order valence-electron chi connectivity index (χ4n) is 4.49. The van der Waals surface area contributed by atoms with Crippen LogP contribution < -0.4 is 5.32 Å². The summed E-state index contributed by atoms with van der Waals surface area (Å²) in [5.41, 5.74) is 0.924. The van der Waals surface area contributed by atoms with Crippen LogP contribution in [0.25, 0.3) is 0 Å². The van der Waals surface area contributed by atoms with E-state index in [1.807, 2.05) is 35.2 Å². The number of esters is 1. The molecule has 1 atom stereocenters. The zero-order valence-electron chi connectivity index (χ0n) is 18.5. The van der Waals surface area contributed by atoms with Crippen LogP contribution in [0.2, 0.25) is 0 Å². The largest absolute Gasteiger partial charge is 0.466 e. The lowest BCUT2D eigenvalue weighted by Gasteiger charge is -2.37. The minimum Gasteiger partial charge on any atom is -0.466 e. The second-order valence-corrected chi connectivity index (χ2v) is 8.84. The number of benzene rings is 1. The molecule has 2 amide bonds. The molecule has 2 aliphatic rings. The van der Waals surface area contributed by atoms with Crippen molar-refractivity contribution in [3.8, 4) is 0 Å². The van der Waals surface area contributed by atoms with Crippen LogP contribution in [0.4, 0.5) is 4.79 Å². The Bertz CT molecular complexity index is 666. The first kappa shape index (κ1) is 22.6. The van der Waals surface area contributed by atoms with Crippen molar-refractivity contribution >= 4 is 12.0 Å². The van der Waals surface area contributed by atoms with Crippen LogP contribution in [0.15, 0.2) is 30.3 Å². The van der Waals surface area contributed by atoms with E-state index < -0.39 is 0 Å². The average molecular weight is 416 g/mol. The van der Waals surface area contributed by atoms with Crippen LogP contribution in [0.1, 0.15) is 57.6 Å². The Kier molecular flexibility index (Phi) is 8.55. The van der Waals surface area contributed by atoms with Crippen molar-refractivity contribution < 1.29 is 14.3 Å². The second-order valence-electron chi connectivity index (χ2n) is 8.84. The Morgan fingerprint density at radius 2 is 1.73 bits per heavy atom. The molecule has 1 aromatic carbocycles. The smallest absolute Gasteiger partial charge is 0.317 e. The molecule has 0 radical (unpaired) electrons. The second kappa shape index (κ2) is 11.3. The number of rotatable bonds is 7. The number of likely N-dealkylation sites (tertiary alicyclic amines) is 2. The molecule has 1 N–H and O–H groups in total. The van der Waals surface area contributed by atoms with E-state index in [2.05, 4.69) is 17.1 Å². The number of amides is 2. The van der Waals surface area contributed by atoms with Crippen molar-refractivity contribution in [3.63, 3.8) is 0 Å². The van der Waals surface area contributed by atoms with E-state index in [-0.39, 0.29) is 24.5 Å². The van der Waals surface area contributed by atoms with E-state index in [0.29, 0.717) is 12.5 Å². The summed E-state index contributed by atoms with van der Waals surface area (Å²) in [5, 5.41) is 3.07. The van der Waals surface area contributed by atoms with Crippen molar-refractivity contribution in [1.82, 2.24) is 15.1 Å². The lowest BCUT2D eigenvalue weighted by atomic mass is 9.93. The van der Waals surface area contributed by atoms with Gasteiger partial charge in [0.25, 0.3) is 0 Å². The normalized spacial score (nSPS) is 20.0. The van der Waals surface area contributed by atoms with Gasteiger partial charge in [0.1, 0.15) is 0 Å². The minimum atomic E-state index is -0.370. The highest BCUT2D eigenvalue weighted by atomic mass is 16.5. The van der Waals surface area contributed by atoms with Gasteiger partial charge in [-0.25, -0.2) is 4.79 Å². The summed E-state index contributed by atoms with van der Waals surface area (Å²) < 4.78 is 5.11. The third-order valence-corrected chi connectivity index (χ3v) is 6.47. The minimum absolute atomic E-state index is 0.0848. The third kappa shape index (κ3) is 6.73. The van der Waals surface area contributed by atoms with Crippen LogP contribution >= 0.6 is 0 Å². The summed E-state index contributed by atoms with van der Waals surface area (Å²) in [7, 11) is 0. The molecule has 6 heteroatoms. The summed E-state index contributed by atoms with van der Waals surface area (Å²) in [6.45, 7) is 9.64. The number of carbonyl (C=O) groups is 2. The van der Waals surface area contributed by atoms with Gasteiger partial charge in [-0.15, -0.1) is 0 Å². The fourth-order valence-corrected chi connectivity index (χ4v) is 4.49. The Morgan fingerprint density at radius 3 is 2.37 bits per heavy atom. The van der Waals surface area contributed by atoms with Gasteiger partial charge < -0.3 is 19.9 Å². The van der Waals surface area contributed by atoms with Gasteiger partial charge in [-0.3, -0.25) is 4.79 Å². The van der Waals surface area contributed by atoms with Gasteiger partial charge in [0.2, 0.25) is 0 Å². The van der Waals surface area contributed by atoms with Gasteiger partial charge in [-0.1, -0.05) is 37.3 Å². The highest BCUT2D eigenvalue weighted by molar-refractivity contribution is 5.77. The molecule has 2 fully saturated rings. The molecule has 0 aromatic heterocycles. The maximum absolute atomic E-state index is 12.9. The number of ether oxygens (including phenoxy) is 1. The maximum Gasteiger partial charge on any atom is 0.317 e. The first-order chi connectivity index (χ1) is 14.5. The predicted octanol–water partition coefficient (Wildman–Crippen LogP) is 3.83. The molecule has 2 aliphatic heterocycles. The Morgan fingerprint density at radius 1 is 1.07 bits per heavy atom. The molecule has 166 valence electrons. The lowest BCUT2D eigenvalue weighted by molar-refractivity contribution is -0.143. The van der Waals surface area contributed by atoms with E-state index >= 15 is 0 Å². The van der Waals surface area contributed by atoms with Crippen molar-refractivity contribution in [1.29, 1.82) is 0 Å². The molecule has 0 bridgehead atoms. The van der Waals surface area contributed by atoms with Crippen molar-refractivity contribution in [3.05, 3.63) is 35.9 Å². The molecule has 30 heavy (non-hydrogen) atoms. The average Bonchev–Trinajstić information content (AvgIpc) is 2.76. The Balaban J connectivity index is 1.49. The molecule has 3 rings (SSSR count). The van der Waals surface area contributed by atoms with E-state index in [1.54, 1.807) is 6.92 Å². The molecule has 1 aromatic rings. The van der Waals surface area contributed by atoms with Crippen LogP contribution in [-0.4, -0.2) is 61.1 Å². The van der Waals surface area contributed by atoms with Crippen molar-refractivity contribution in [2.45, 2.75) is 52.0 Å². The molecule has 6 nitrogen and oxygen atoms in total. The van der Waals surface area contributed by atoms with Crippen molar-refractivity contribution in [2.75, 3.05) is 39.3 Å². The van der Waals surface area contributed by atoms with Gasteiger partial charge >= 0.3 is 12.0 Å². The van der Waals surface area contributed by atoms with Crippen LogP contribution in [-0.2, 0) is 9.53 Å². The highest BCUT2D eigenvalue weighted by Crippen LogP contribution is 2.23. The molecule has 0 aliphatic carbocycles. The van der Waals surface area contributed by atoms with Crippen molar-refractivity contribution in [2.24, 2.45) is 11.8 Å². The fraction of sp³-hybridized carbons (Fsp3) is 0.667. The number of piperidine rings is 2. The van der Waals surface area contributed by atoms with Gasteiger partial charge in [0.05, 0.1) is 19.1 Å². The third-order valence-electron chi connectivity index (χ3n) is 6.47. The van der Waals surface area contributed by atoms with Gasteiger partial charge in [0, 0.05) is 19.6 Å². The molecular formula is C24H37N3O3. The predicted molar refractivity (Wildman–Crippen MR) is 118 cm³/mol. The molecule has 2 heterocycles. The SMILES string of the molecule is CCOC(=O)C[C@H](NC(=O)N1CCC(CN2CCC(C)CC2)CC1)c1ccccc1. The first-order valence-corrected chi connectivity index (χ1v) is 11.5. The zero-order chi connectivity index (χ0) is 21.3. The summed E-state index contributed by atoms with van der Waals surface area (Å²) in [5.74, 6) is 1.24. The van der Waals surface area contributed by atoms with Crippen LogP contribution in [0, 0.1) is 11.8 Å². The summed E-state index contributed by atoms with van der Waals surface area (Å²) >= 11 is 0.